The quantitative estimate of drug-likeness (QED) is 0.492. The van der Waals surface area contributed by atoms with Crippen molar-refractivity contribution in [2.45, 2.75) is 19.8 Å². The average Bonchev–Trinajstić information content (AvgIpc) is 1.85. The molecule has 0 heterocycles. The molecule has 0 aromatic carbocycles. The smallest absolute Gasteiger partial charge is 0.0916 e. The molecule has 12 heavy (non-hydrogen) atoms. The van der Waals surface area contributed by atoms with Gasteiger partial charge < -0.3 is 9.87 Å². The van der Waals surface area contributed by atoms with Crippen LogP contribution in [-0.2, 0) is 10.1 Å². The number of hydrogen-bond donors (Lipinski definition) is 1. The van der Waals surface area contributed by atoms with Gasteiger partial charge in [0.25, 0.3) is 0 Å². The lowest BCUT2D eigenvalue weighted by Crippen LogP contribution is -2.77. The summed E-state index contributed by atoms with van der Waals surface area (Å²) in [7, 11) is -3.92. The van der Waals surface area contributed by atoms with Crippen LogP contribution in [0, 0.1) is 0 Å². The van der Waals surface area contributed by atoms with Crippen LogP contribution in [0.4, 0.5) is 0 Å². The number of hydrogen-bond acceptors (Lipinski definition) is 3. The third-order valence-electron chi connectivity index (χ3n) is 0.891. The first kappa shape index (κ1) is 14.2. The Balaban J connectivity index is 0. The highest BCUT2D eigenvalue weighted by molar-refractivity contribution is 7.84. The normalized spacial score (nSPS) is 9.92. The molecule has 0 aliphatic rings. The molecule has 4 nitrogen and oxygen atoms in total. The number of unbranched alkanes of at least 4 members (excludes halogenated alkanes) is 1. The molecule has 5 heteroatoms. The van der Waals surface area contributed by atoms with Crippen LogP contribution in [0.2, 0.25) is 0 Å². The molecule has 2 N–H and O–H groups in total. The van der Waals surface area contributed by atoms with Crippen molar-refractivity contribution in [3.05, 3.63) is 12.8 Å². The van der Waals surface area contributed by atoms with Crippen molar-refractivity contribution in [1.82, 2.24) is 0 Å². The van der Waals surface area contributed by atoms with Gasteiger partial charge in [-0.05, 0) is 13.0 Å². The highest BCUT2D eigenvalue weighted by Gasteiger charge is 1.79. The van der Waals surface area contributed by atoms with Gasteiger partial charge in [0.15, 0.2) is 0 Å². The predicted octanol–water partition coefficient (Wildman–Crippen LogP) is -0.345. The molecule has 0 saturated carbocycles. The summed E-state index contributed by atoms with van der Waals surface area (Å²) in [5.41, 5.74) is 0. The van der Waals surface area contributed by atoms with Crippen molar-refractivity contribution in [2.75, 3.05) is 12.8 Å². The lowest BCUT2D eigenvalue weighted by Gasteiger charge is -1.90. The van der Waals surface area contributed by atoms with E-state index >= 15 is 0 Å². The minimum absolute atomic E-state index is 0.604. The molecule has 0 amide bonds. The van der Waals surface area contributed by atoms with E-state index in [0.29, 0.717) is 6.26 Å². The molecule has 0 radical (unpaired) electrons. The van der Waals surface area contributed by atoms with Gasteiger partial charge >= 0.3 is 0 Å². The van der Waals surface area contributed by atoms with E-state index in [1.54, 1.807) is 0 Å². The minimum Gasteiger partial charge on any atom is -0.748 e. The Morgan fingerprint density at radius 3 is 2.25 bits per heavy atom. The molecule has 0 saturated heterocycles. The molecule has 0 aliphatic carbocycles. The monoisotopic (exact) mass is 195 g/mol. The van der Waals surface area contributed by atoms with Gasteiger partial charge in [0, 0.05) is 6.26 Å². The SMILES string of the molecule is C=C[NH2+]CCCC.CS(=O)(=O)[O-]. The summed E-state index contributed by atoms with van der Waals surface area (Å²) < 4.78 is 27.2. The zero-order chi connectivity index (χ0) is 10.0. The molecule has 0 unspecified atom stereocenters. The van der Waals surface area contributed by atoms with Crippen LogP contribution in [0.25, 0.3) is 0 Å². The van der Waals surface area contributed by atoms with Crippen LogP contribution in [0.3, 0.4) is 0 Å². The second-order valence-corrected chi connectivity index (χ2v) is 3.73. The van der Waals surface area contributed by atoms with Gasteiger partial charge in [0.1, 0.15) is 0 Å². The van der Waals surface area contributed by atoms with Crippen molar-refractivity contribution >= 4 is 10.1 Å². The van der Waals surface area contributed by atoms with Crippen LogP contribution in [0.1, 0.15) is 19.8 Å². The topological polar surface area (TPSA) is 73.8 Å². The van der Waals surface area contributed by atoms with Crippen LogP contribution in [0.5, 0.6) is 0 Å². The summed E-state index contributed by atoms with van der Waals surface area (Å²) in [6, 6.07) is 0. The van der Waals surface area contributed by atoms with Gasteiger partial charge in [-0.15, -0.1) is 0 Å². The summed E-state index contributed by atoms with van der Waals surface area (Å²) in [4.78, 5) is 0. The van der Waals surface area contributed by atoms with Crippen LogP contribution in [0.15, 0.2) is 12.8 Å². The van der Waals surface area contributed by atoms with E-state index in [1.165, 1.54) is 19.4 Å². The molecule has 0 bridgehead atoms. The zero-order valence-electron chi connectivity index (χ0n) is 7.62. The van der Waals surface area contributed by atoms with E-state index < -0.39 is 10.1 Å². The Kier molecular flexibility index (Phi) is 10.3. The Morgan fingerprint density at radius 2 is 2.00 bits per heavy atom. The fraction of sp³-hybridized carbons (Fsp3) is 0.714. The molecule has 0 aromatic heterocycles. The predicted molar refractivity (Wildman–Crippen MR) is 47.5 cm³/mol. The van der Waals surface area contributed by atoms with Crippen molar-refractivity contribution in [1.29, 1.82) is 0 Å². The second kappa shape index (κ2) is 8.70. The lowest BCUT2D eigenvalue weighted by atomic mass is 10.3. The highest BCUT2D eigenvalue weighted by atomic mass is 32.2. The van der Waals surface area contributed by atoms with Crippen molar-refractivity contribution in [3.8, 4) is 0 Å². The van der Waals surface area contributed by atoms with Crippen LogP contribution >= 0.6 is 0 Å². The maximum absolute atomic E-state index is 9.08. The standard InChI is InChI=1S/C6H13N.CH4O3S/c1-3-5-6-7-4-2;1-5(2,3)4/h4,7H,2-3,5-6H2,1H3;1H3,(H,2,3,4). The van der Waals surface area contributed by atoms with Crippen LogP contribution in [-0.4, -0.2) is 25.8 Å². The first-order valence-electron chi connectivity index (χ1n) is 3.77. The maximum Gasteiger partial charge on any atom is 0.0916 e. The number of rotatable bonds is 4. The largest absolute Gasteiger partial charge is 0.748 e. The minimum atomic E-state index is -3.92. The van der Waals surface area contributed by atoms with E-state index in [-0.39, 0.29) is 0 Å². The molecule has 74 valence electrons. The molecule has 0 aliphatic heterocycles. The van der Waals surface area contributed by atoms with E-state index in [2.05, 4.69) is 18.8 Å². The Labute approximate surface area is 74.4 Å². The fourth-order valence-corrected chi connectivity index (χ4v) is 0.440. The van der Waals surface area contributed by atoms with E-state index in [9.17, 15) is 0 Å². The number of nitrogens with two attached hydrogens (primary N) is 1. The third-order valence-corrected chi connectivity index (χ3v) is 0.891. The van der Waals surface area contributed by atoms with Gasteiger partial charge in [-0.2, -0.15) is 0 Å². The first-order valence-corrected chi connectivity index (χ1v) is 5.58. The first-order chi connectivity index (χ1) is 5.41. The summed E-state index contributed by atoms with van der Waals surface area (Å²) in [6.45, 7) is 6.96. The Hall–Kier alpha value is -0.390. The molecule has 0 atom stereocenters. The van der Waals surface area contributed by atoms with E-state index in [4.69, 9.17) is 13.0 Å². The number of quaternary nitrogens is 1. The average molecular weight is 195 g/mol. The summed E-state index contributed by atoms with van der Waals surface area (Å²) in [5, 5.41) is 2.10. The second-order valence-electron chi connectivity index (χ2n) is 2.32. The van der Waals surface area contributed by atoms with Gasteiger partial charge in [-0.25, -0.2) is 8.42 Å². The molecular formula is C7H17NO3S. The van der Waals surface area contributed by atoms with Gasteiger partial charge in [0.05, 0.1) is 22.9 Å². The van der Waals surface area contributed by atoms with Crippen molar-refractivity contribution in [2.24, 2.45) is 0 Å². The summed E-state index contributed by atoms with van der Waals surface area (Å²) in [5.74, 6) is 0. The molecular weight excluding hydrogens is 178 g/mol. The van der Waals surface area contributed by atoms with Crippen LogP contribution < -0.4 is 5.32 Å². The van der Waals surface area contributed by atoms with Gasteiger partial charge in [-0.1, -0.05) is 13.3 Å². The van der Waals surface area contributed by atoms with Gasteiger partial charge in [-0.3, -0.25) is 0 Å². The molecule has 0 spiro atoms. The van der Waals surface area contributed by atoms with Crippen molar-refractivity contribution < 1.29 is 18.3 Å². The summed E-state index contributed by atoms with van der Waals surface area (Å²) >= 11 is 0. The van der Waals surface area contributed by atoms with Crippen molar-refractivity contribution in [3.63, 3.8) is 0 Å². The third kappa shape index (κ3) is 54.7. The van der Waals surface area contributed by atoms with Gasteiger partial charge in [0.2, 0.25) is 0 Å². The summed E-state index contributed by atoms with van der Waals surface area (Å²) in [6.07, 6.45) is 5.04. The fourth-order valence-electron chi connectivity index (χ4n) is 0.440. The molecule has 0 aromatic rings. The zero-order valence-corrected chi connectivity index (χ0v) is 8.43. The Morgan fingerprint density at radius 1 is 1.58 bits per heavy atom. The lowest BCUT2D eigenvalue weighted by molar-refractivity contribution is -0.587. The highest BCUT2D eigenvalue weighted by Crippen LogP contribution is 1.76. The Bertz CT molecular complexity index is 179. The van der Waals surface area contributed by atoms with E-state index in [1.807, 2.05) is 6.20 Å². The molecule has 0 rings (SSSR count). The maximum atomic E-state index is 9.08. The van der Waals surface area contributed by atoms with E-state index in [0.717, 1.165) is 0 Å². The molecule has 0 fully saturated rings.